The summed E-state index contributed by atoms with van der Waals surface area (Å²) in [4.78, 5) is 0. The van der Waals surface area contributed by atoms with Gasteiger partial charge in [-0.3, -0.25) is 8.74 Å². The lowest BCUT2D eigenvalue weighted by Gasteiger charge is -2.19. The maximum Gasteiger partial charge on any atom is 0.301 e. The maximum absolute atomic E-state index is 10.8. The van der Waals surface area contributed by atoms with Crippen molar-refractivity contribution in [2.45, 2.75) is 65.4 Å². The van der Waals surface area contributed by atoms with E-state index in [4.69, 9.17) is 13.5 Å². The van der Waals surface area contributed by atoms with Gasteiger partial charge in [0, 0.05) is 6.61 Å². The minimum atomic E-state index is -2.26. The van der Waals surface area contributed by atoms with Crippen molar-refractivity contribution < 1.29 is 17.7 Å². The average Bonchev–Trinajstić information content (AvgIpc) is 2.53. The predicted octanol–water partition coefficient (Wildman–Crippen LogP) is 5.20. The molecule has 0 heterocycles. The molecule has 138 valence electrons. The molecule has 0 radical (unpaired) electrons. The van der Waals surface area contributed by atoms with Gasteiger partial charge in [0.25, 0.3) is 0 Å². The molecule has 0 saturated carbocycles. The van der Waals surface area contributed by atoms with Crippen LogP contribution < -0.4 is 0 Å². The van der Waals surface area contributed by atoms with E-state index in [1.165, 1.54) is 25.7 Å². The first-order valence-corrected chi connectivity index (χ1v) is 9.95. The molecule has 1 aromatic rings. The fourth-order valence-corrected chi connectivity index (χ4v) is 2.95. The maximum atomic E-state index is 10.8. The van der Waals surface area contributed by atoms with E-state index in [1.807, 2.05) is 31.2 Å². The van der Waals surface area contributed by atoms with Gasteiger partial charge in [0.15, 0.2) is 0 Å². The molecule has 4 nitrogen and oxygen atoms in total. The molecule has 0 saturated heterocycles. The number of benzene rings is 1. The molecular formula is C19H32O4S. The predicted molar refractivity (Wildman–Crippen MR) is 99.1 cm³/mol. The van der Waals surface area contributed by atoms with Crippen LogP contribution in [0.4, 0.5) is 0 Å². The molecule has 1 aromatic carbocycles. The Balaban J connectivity index is 2.32. The van der Waals surface area contributed by atoms with E-state index in [2.05, 4.69) is 13.8 Å². The highest BCUT2D eigenvalue weighted by Gasteiger charge is 2.15. The van der Waals surface area contributed by atoms with E-state index in [-0.39, 0.29) is 12.7 Å². The molecular weight excluding hydrogens is 324 g/mol. The van der Waals surface area contributed by atoms with Crippen LogP contribution in [-0.4, -0.2) is 22.0 Å². The van der Waals surface area contributed by atoms with Crippen molar-refractivity contribution >= 4 is 11.4 Å². The van der Waals surface area contributed by atoms with Crippen LogP contribution in [0.3, 0.4) is 0 Å². The summed E-state index contributed by atoms with van der Waals surface area (Å²) in [5.74, 6) is 0.792. The minimum Gasteiger partial charge on any atom is -0.371 e. The first-order valence-electron chi connectivity index (χ1n) is 8.92. The van der Waals surface area contributed by atoms with Gasteiger partial charge in [-0.25, -0.2) is 0 Å². The SMILES string of the molecule is Cc1ccccc1C(COS(=O)O)OCCCCCCCC(C)C. The van der Waals surface area contributed by atoms with Gasteiger partial charge in [0.2, 0.25) is 0 Å². The number of aryl methyl sites for hydroxylation is 1. The summed E-state index contributed by atoms with van der Waals surface area (Å²) in [6.07, 6.45) is 7.00. The first kappa shape index (κ1) is 21.3. The van der Waals surface area contributed by atoms with Crippen molar-refractivity contribution in [3.05, 3.63) is 35.4 Å². The molecule has 0 fully saturated rings. The van der Waals surface area contributed by atoms with Crippen molar-refractivity contribution in [1.82, 2.24) is 0 Å². The third kappa shape index (κ3) is 9.52. The van der Waals surface area contributed by atoms with Crippen molar-refractivity contribution in [3.63, 3.8) is 0 Å². The molecule has 0 aromatic heterocycles. The Kier molecular flexibility index (Phi) is 11.2. The van der Waals surface area contributed by atoms with Gasteiger partial charge in [-0.15, -0.1) is 0 Å². The van der Waals surface area contributed by atoms with Crippen LogP contribution in [-0.2, 0) is 20.3 Å². The van der Waals surface area contributed by atoms with Gasteiger partial charge in [0.05, 0.1) is 6.61 Å². The molecule has 24 heavy (non-hydrogen) atoms. The van der Waals surface area contributed by atoms with E-state index in [9.17, 15) is 4.21 Å². The second-order valence-electron chi connectivity index (χ2n) is 6.67. The Labute approximate surface area is 149 Å². The zero-order chi connectivity index (χ0) is 17.8. The molecule has 2 unspecified atom stereocenters. The van der Waals surface area contributed by atoms with Crippen LogP contribution in [0, 0.1) is 12.8 Å². The molecule has 2 atom stereocenters. The van der Waals surface area contributed by atoms with Gasteiger partial charge in [0.1, 0.15) is 6.10 Å². The monoisotopic (exact) mass is 356 g/mol. The lowest BCUT2D eigenvalue weighted by atomic mass is 10.0. The quantitative estimate of drug-likeness (QED) is 0.390. The normalized spacial score (nSPS) is 14.0. The smallest absolute Gasteiger partial charge is 0.301 e. The Morgan fingerprint density at radius 2 is 1.75 bits per heavy atom. The summed E-state index contributed by atoms with van der Waals surface area (Å²) in [5, 5.41) is 0. The van der Waals surface area contributed by atoms with Crippen molar-refractivity contribution in [2.24, 2.45) is 5.92 Å². The van der Waals surface area contributed by atoms with E-state index in [0.717, 1.165) is 29.9 Å². The lowest BCUT2D eigenvalue weighted by molar-refractivity contribution is 0.0178. The van der Waals surface area contributed by atoms with Crippen molar-refractivity contribution in [1.29, 1.82) is 0 Å². The summed E-state index contributed by atoms with van der Waals surface area (Å²) < 4.78 is 30.4. The molecule has 0 bridgehead atoms. The van der Waals surface area contributed by atoms with Crippen LogP contribution in [0.5, 0.6) is 0 Å². The Hall–Kier alpha value is -0.750. The average molecular weight is 357 g/mol. The van der Waals surface area contributed by atoms with Crippen molar-refractivity contribution in [3.8, 4) is 0 Å². The zero-order valence-corrected chi connectivity index (χ0v) is 16.0. The molecule has 1 rings (SSSR count). The lowest BCUT2D eigenvalue weighted by Crippen LogP contribution is -2.15. The molecule has 0 aliphatic rings. The third-order valence-electron chi connectivity index (χ3n) is 4.10. The first-order chi connectivity index (χ1) is 11.5. The Bertz CT molecular complexity index is 476. The fourth-order valence-electron chi connectivity index (χ4n) is 2.71. The number of hydrogen-bond donors (Lipinski definition) is 1. The van der Waals surface area contributed by atoms with Crippen molar-refractivity contribution in [2.75, 3.05) is 13.2 Å². The highest BCUT2D eigenvalue weighted by molar-refractivity contribution is 7.74. The summed E-state index contributed by atoms with van der Waals surface area (Å²) in [5.41, 5.74) is 2.11. The molecule has 0 aliphatic carbocycles. The van der Waals surface area contributed by atoms with E-state index in [1.54, 1.807) is 0 Å². The Morgan fingerprint density at radius 1 is 1.08 bits per heavy atom. The van der Waals surface area contributed by atoms with Crippen LogP contribution in [0.2, 0.25) is 0 Å². The van der Waals surface area contributed by atoms with Gasteiger partial charge in [-0.2, -0.15) is 4.21 Å². The summed E-state index contributed by atoms with van der Waals surface area (Å²) >= 11 is -2.26. The van der Waals surface area contributed by atoms with Crippen LogP contribution in [0.1, 0.15) is 69.6 Å². The molecule has 5 heteroatoms. The molecule has 0 aliphatic heterocycles. The number of rotatable bonds is 13. The minimum absolute atomic E-state index is 0.0857. The highest BCUT2D eigenvalue weighted by Crippen LogP contribution is 2.22. The van der Waals surface area contributed by atoms with Gasteiger partial charge < -0.3 is 4.74 Å². The fraction of sp³-hybridized carbons (Fsp3) is 0.684. The number of unbranched alkanes of at least 4 members (excludes halogenated alkanes) is 4. The summed E-state index contributed by atoms with van der Waals surface area (Å²) in [7, 11) is 0. The Morgan fingerprint density at radius 3 is 2.42 bits per heavy atom. The molecule has 1 N–H and O–H groups in total. The van der Waals surface area contributed by atoms with E-state index in [0.29, 0.717) is 6.61 Å². The summed E-state index contributed by atoms with van der Waals surface area (Å²) in [6, 6.07) is 7.91. The van der Waals surface area contributed by atoms with Crippen LogP contribution in [0.15, 0.2) is 24.3 Å². The van der Waals surface area contributed by atoms with Crippen LogP contribution >= 0.6 is 0 Å². The number of hydrogen-bond acceptors (Lipinski definition) is 3. The van der Waals surface area contributed by atoms with E-state index < -0.39 is 11.4 Å². The van der Waals surface area contributed by atoms with Crippen LogP contribution in [0.25, 0.3) is 0 Å². The molecule has 0 amide bonds. The standard InChI is InChI=1S/C19H32O4S/c1-16(2)11-7-5-4-6-10-14-22-19(15-23-24(20)21)18-13-9-8-12-17(18)3/h8-9,12-13,16,19H,4-7,10-11,14-15H2,1-3H3,(H,20,21). The third-order valence-corrected chi connectivity index (χ3v) is 4.44. The zero-order valence-electron chi connectivity index (χ0n) is 15.2. The van der Waals surface area contributed by atoms with Gasteiger partial charge >= 0.3 is 11.4 Å². The number of ether oxygens (including phenoxy) is 1. The second-order valence-corrected chi connectivity index (χ2v) is 7.34. The second kappa shape index (κ2) is 12.6. The molecule has 0 spiro atoms. The topological polar surface area (TPSA) is 55.8 Å². The highest BCUT2D eigenvalue weighted by atomic mass is 32.2. The largest absolute Gasteiger partial charge is 0.371 e. The van der Waals surface area contributed by atoms with E-state index >= 15 is 0 Å². The summed E-state index contributed by atoms with van der Waals surface area (Å²) in [6.45, 7) is 7.27. The van der Waals surface area contributed by atoms with Gasteiger partial charge in [-0.1, -0.05) is 70.2 Å². The van der Waals surface area contributed by atoms with Gasteiger partial charge in [-0.05, 0) is 30.4 Å².